The van der Waals surface area contributed by atoms with Gasteiger partial charge in [0, 0.05) is 30.6 Å². The van der Waals surface area contributed by atoms with Crippen molar-refractivity contribution in [1.82, 2.24) is 4.90 Å². The minimum Gasteiger partial charge on any atom is -0.338 e. The molecule has 3 nitrogen and oxygen atoms in total. The quantitative estimate of drug-likeness (QED) is 0.944. The topological polar surface area (TPSA) is 46.3 Å². The first kappa shape index (κ1) is 15.1. The van der Waals surface area contributed by atoms with Gasteiger partial charge in [0.2, 0.25) is 5.91 Å². The van der Waals surface area contributed by atoms with E-state index in [0.29, 0.717) is 13.0 Å². The second-order valence-corrected chi connectivity index (χ2v) is 6.07. The minimum atomic E-state index is -0.263. The minimum absolute atomic E-state index is 0.0851. The lowest BCUT2D eigenvalue weighted by Gasteiger charge is -2.30. The number of benzene rings is 2. The number of carbonyl (C=O) groups excluding carboxylic acids is 1. The fourth-order valence-electron chi connectivity index (χ4n) is 2.89. The number of hydrogen-bond acceptors (Lipinski definition) is 2. The monoisotopic (exact) mass is 314 g/mol. The predicted octanol–water partition coefficient (Wildman–Crippen LogP) is 3.31. The van der Waals surface area contributed by atoms with Crippen LogP contribution in [0.4, 0.5) is 0 Å². The van der Waals surface area contributed by atoms with Gasteiger partial charge in [0.05, 0.1) is 0 Å². The van der Waals surface area contributed by atoms with Crippen LogP contribution in [0, 0.1) is 0 Å². The van der Waals surface area contributed by atoms with Crippen LogP contribution in [-0.2, 0) is 17.8 Å². The Bertz CT molecular complexity index is 672. The van der Waals surface area contributed by atoms with Gasteiger partial charge in [0.1, 0.15) is 0 Å². The Morgan fingerprint density at radius 2 is 1.95 bits per heavy atom. The van der Waals surface area contributed by atoms with E-state index < -0.39 is 0 Å². The molecule has 0 radical (unpaired) electrons. The Labute approximate surface area is 135 Å². The summed E-state index contributed by atoms with van der Waals surface area (Å²) >= 11 is 6.25. The summed E-state index contributed by atoms with van der Waals surface area (Å²) in [7, 11) is 0. The normalized spacial score (nSPS) is 15.3. The molecule has 0 saturated carbocycles. The summed E-state index contributed by atoms with van der Waals surface area (Å²) in [5.41, 5.74) is 9.45. The number of fused-ring (bicyclic) bond motifs is 1. The molecule has 22 heavy (non-hydrogen) atoms. The third-order valence-corrected chi connectivity index (χ3v) is 4.54. The molecule has 3 rings (SSSR count). The van der Waals surface area contributed by atoms with Gasteiger partial charge < -0.3 is 10.6 Å². The third-order valence-electron chi connectivity index (χ3n) is 4.19. The molecule has 1 atom stereocenters. The molecule has 2 aromatic rings. The number of nitrogens with zero attached hydrogens (tertiary/aromatic N) is 1. The maximum absolute atomic E-state index is 12.5. The second kappa shape index (κ2) is 6.51. The van der Waals surface area contributed by atoms with Crippen LogP contribution in [-0.4, -0.2) is 17.4 Å². The first-order valence-corrected chi connectivity index (χ1v) is 7.87. The van der Waals surface area contributed by atoms with E-state index in [9.17, 15) is 4.79 Å². The highest BCUT2D eigenvalue weighted by Crippen LogP contribution is 2.27. The van der Waals surface area contributed by atoms with Gasteiger partial charge in [-0.05, 0) is 29.2 Å². The van der Waals surface area contributed by atoms with Crippen LogP contribution in [0.15, 0.2) is 48.5 Å². The summed E-state index contributed by atoms with van der Waals surface area (Å²) in [6.07, 6.45) is 1.17. The molecular formula is C18H19ClN2O. The van der Waals surface area contributed by atoms with Crippen LogP contribution < -0.4 is 5.73 Å². The zero-order valence-electron chi connectivity index (χ0n) is 12.3. The van der Waals surface area contributed by atoms with Gasteiger partial charge in [-0.1, -0.05) is 54.1 Å². The molecule has 0 fully saturated rings. The van der Waals surface area contributed by atoms with E-state index >= 15 is 0 Å². The summed E-state index contributed by atoms with van der Waals surface area (Å²) in [4.78, 5) is 14.4. The van der Waals surface area contributed by atoms with Gasteiger partial charge in [0.25, 0.3) is 0 Å². The second-order valence-electron chi connectivity index (χ2n) is 5.66. The molecule has 114 valence electrons. The van der Waals surface area contributed by atoms with Gasteiger partial charge in [-0.25, -0.2) is 0 Å². The van der Waals surface area contributed by atoms with E-state index in [1.165, 1.54) is 5.56 Å². The lowest BCUT2D eigenvalue weighted by molar-refractivity contribution is -0.132. The molecule has 4 heteroatoms. The van der Waals surface area contributed by atoms with Crippen LogP contribution >= 0.6 is 11.6 Å². The van der Waals surface area contributed by atoms with Gasteiger partial charge in [-0.2, -0.15) is 0 Å². The van der Waals surface area contributed by atoms with Crippen molar-refractivity contribution in [2.75, 3.05) is 6.54 Å². The summed E-state index contributed by atoms with van der Waals surface area (Å²) in [5.74, 6) is 0.0851. The lowest BCUT2D eigenvalue weighted by atomic mass is 9.98. The summed E-state index contributed by atoms with van der Waals surface area (Å²) in [6, 6.07) is 15.4. The highest BCUT2D eigenvalue weighted by molar-refractivity contribution is 6.31. The average Bonchev–Trinajstić information content (AvgIpc) is 2.55. The average molecular weight is 315 g/mol. The number of hydrogen-bond donors (Lipinski definition) is 1. The number of halogens is 1. The number of amides is 1. The molecule has 1 amide bonds. The van der Waals surface area contributed by atoms with Crippen molar-refractivity contribution in [3.8, 4) is 0 Å². The number of nitrogens with two attached hydrogens (primary N) is 1. The Hall–Kier alpha value is -1.84. The van der Waals surface area contributed by atoms with Gasteiger partial charge in [0.15, 0.2) is 0 Å². The van der Waals surface area contributed by atoms with Crippen molar-refractivity contribution in [2.45, 2.75) is 25.4 Å². The molecule has 1 aliphatic rings. The van der Waals surface area contributed by atoms with Crippen LogP contribution in [0.5, 0.6) is 0 Å². The van der Waals surface area contributed by atoms with Crippen molar-refractivity contribution in [3.63, 3.8) is 0 Å². The van der Waals surface area contributed by atoms with E-state index in [4.69, 9.17) is 17.3 Å². The molecule has 0 aromatic heterocycles. The van der Waals surface area contributed by atoms with Gasteiger partial charge in [-0.15, -0.1) is 0 Å². The highest BCUT2D eigenvalue weighted by atomic mass is 35.5. The molecule has 1 unspecified atom stereocenters. The molecule has 0 aliphatic carbocycles. The molecular weight excluding hydrogens is 296 g/mol. The Morgan fingerprint density at radius 3 is 2.73 bits per heavy atom. The zero-order valence-corrected chi connectivity index (χ0v) is 13.1. The van der Waals surface area contributed by atoms with E-state index in [2.05, 4.69) is 6.07 Å². The smallest absolute Gasteiger partial charge is 0.224 e. The molecule has 0 spiro atoms. The van der Waals surface area contributed by atoms with Crippen LogP contribution in [0.1, 0.15) is 29.2 Å². The van der Waals surface area contributed by atoms with Gasteiger partial charge >= 0.3 is 0 Å². The fourth-order valence-corrected chi connectivity index (χ4v) is 3.14. The standard InChI is InChI=1S/C18H19ClN2O/c19-16-8-4-7-13-9-10-21(12-15(13)16)18(22)11-17(20)14-5-2-1-3-6-14/h1-8,17H,9-12,20H2. The van der Waals surface area contributed by atoms with E-state index in [-0.39, 0.29) is 11.9 Å². The predicted molar refractivity (Wildman–Crippen MR) is 88.6 cm³/mol. The Morgan fingerprint density at radius 1 is 1.18 bits per heavy atom. The summed E-state index contributed by atoms with van der Waals surface area (Å²) in [6.45, 7) is 1.31. The SMILES string of the molecule is NC(CC(=O)N1CCc2cccc(Cl)c2C1)c1ccccc1. The van der Waals surface area contributed by atoms with Crippen molar-refractivity contribution in [2.24, 2.45) is 5.73 Å². The molecule has 2 aromatic carbocycles. The van der Waals surface area contributed by atoms with Crippen molar-refractivity contribution >= 4 is 17.5 Å². The van der Waals surface area contributed by atoms with Gasteiger partial charge in [-0.3, -0.25) is 4.79 Å². The lowest BCUT2D eigenvalue weighted by Crippen LogP contribution is -2.37. The Kier molecular flexibility index (Phi) is 4.46. The molecule has 1 aliphatic heterocycles. The van der Waals surface area contributed by atoms with Crippen molar-refractivity contribution in [3.05, 3.63) is 70.2 Å². The van der Waals surface area contributed by atoms with Crippen molar-refractivity contribution < 1.29 is 4.79 Å². The summed E-state index contributed by atoms with van der Waals surface area (Å²) in [5, 5.41) is 0.738. The Balaban J connectivity index is 1.68. The number of rotatable bonds is 3. The molecule has 0 bridgehead atoms. The largest absolute Gasteiger partial charge is 0.338 e. The maximum atomic E-state index is 12.5. The van der Waals surface area contributed by atoms with Crippen molar-refractivity contribution in [1.29, 1.82) is 0 Å². The van der Waals surface area contributed by atoms with Crippen LogP contribution in [0.25, 0.3) is 0 Å². The zero-order chi connectivity index (χ0) is 15.5. The first-order valence-electron chi connectivity index (χ1n) is 7.49. The van der Waals surface area contributed by atoms with E-state index in [1.807, 2.05) is 47.4 Å². The maximum Gasteiger partial charge on any atom is 0.224 e. The molecule has 2 N–H and O–H groups in total. The highest BCUT2D eigenvalue weighted by Gasteiger charge is 2.23. The van der Waals surface area contributed by atoms with E-state index in [1.54, 1.807) is 0 Å². The van der Waals surface area contributed by atoms with Crippen LogP contribution in [0.2, 0.25) is 5.02 Å². The van der Waals surface area contributed by atoms with E-state index in [0.717, 1.165) is 29.1 Å². The summed E-state index contributed by atoms with van der Waals surface area (Å²) < 4.78 is 0. The molecule has 1 heterocycles. The fraction of sp³-hybridized carbons (Fsp3) is 0.278. The number of carbonyl (C=O) groups is 1. The third kappa shape index (κ3) is 3.16. The van der Waals surface area contributed by atoms with Crippen LogP contribution in [0.3, 0.4) is 0 Å². The first-order chi connectivity index (χ1) is 10.6. The molecule has 0 saturated heterocycles.